The van der Waals surface area contributed by atoms with Gasteiger partial charge in [0.05, 0.1) is 13.1 Å². The second-order valence-corrected chi connectivity index (χ2v) is 4.28. The number of benzene rings is 1. The molecule has 0 atom stereocenters. The van der Waals surface area contributed by atoms with Gasteiger partial charge in [-0.15, -0.1) is 0 Å². The van der Waals surface area contributed by atoms with Crippen LogP contribution >= 0.6 is 0 Å². The first-order valence-corrected chi connectivity index (χ1v) is 6.41. The molecule has 3 N–H and O–H groups in total. The summed E-state index contributed by atoms with van der Waals surface area (Å²) in [6.07, 6.45) is 0. The molecule has 6 heteroatoms. The minimum Gasteiger partial charge on any atom is -0.355 e. The topological polar surface area (TPSA) is 87.3 Å². The molecule has 20 heavy (non-hydrogen) atoms. The Kier molecular flexibility index (Phi) is 6.22. The Hall–Kier alpha value is -2.37. The first-order chi connectivity index (χ1) is 9.52. The molecule has 6 nitrogen and oxygen atoms in total. The van der Waals surface area contributed by atoms with Gasteiger partial charge in [0, 0.05) is 12.1 Å². The molecule has 0 aliphatic rings. The van der Waals surface area contributed by atoms with Crippen molar-refractivity contribution in [3.63, 3.8) is 0 Å². The SMILES string of the molecule is CCNC(=O)CNC(=O)CNC(=O)c1cccc(C)c1. The van der Waals surface area contributed by atoms with Gasteiger partial charge < -0.3 is 16.0 Å². The first kappa shape index (κ1) is 15.7. The van der Waals surface area contributed by atoms with E-state index < -0.39 is 5.91 Å². The molecule has 0 spiro atoms. The molecule has 0 aliphatic heterocycles. The summed E-state index contributed by atoms with van der Waals surface area (Å²) in [6, 6.07) is 7.08. The average Bonchev–Trinajstić information content (AvgIpc) is 2.43. The lowest BCUT2D eigenvalue weighted by atomic mass is 10.1. The molecule has 3 amide bonds. The summed E-state index contributed by atoms with van der Waals surface area (Å²) >= 11 is 0. The Balaban J connectivity index is 2.34. The van der Waals surface area contributed by atoms with E-state index in [1.165, 1.54) is 0 Å². The van der Waals surface area contributed by atoms with Crippen LogP contribution in [0.5, 0.6) is 0 Å². The number of likely N-dealkylation sites (N-methyl/N-ethyl adjacent to an activating group) is 1. The molecular weight excluding hydrogens is 258 g/mol. The summed E-state index contributed by atoms with van der Waals surface area (Å²) < 4.78 is 0. The predicted octanol–water partition coefficient (Wildman–Crippen LogP) is -0.0229. The fourth-order valence-electron chi connectivity index (χ4n) is 1.55. The minimum absolute atomic E-state index is 0.0903. The monoisotopic (exact) mass is 277 g/mol. The Bertz CT molecular complexity index is 500. The molecule has 0 saturated carbocycles. The maximum atomic E-state index is 11.8. The van der Waals surface area contributed by atoms with Crippen LogP contribution < -0.4 is 16.0 Å². The highest BCUT2D eigenvalue weighted by atomic mass is 16.2. The highest BCUT2D eigenvalue weighted by molar-refractivity contribution is 5.96. The van der Waals surface area contributed by atoms with E-state index in [9.17, 15) is 14.4 Å². The molecule has 0 radical (unpaired) electrons. The lowest BCUT2D eigenvalue weighted by Gasteiger charge is -2.07. The molecule has 1 aromatic rings. The summed E-state index contributed by atoms with van der Waals surface area (Å²) in [5.74, 6) is -0.982. The normalized spacial score (nSPS) is 9.70. The number of carbonyl (C=O) groups excluding carboxylic acids is 3. The average molecular weight is 277 g/mol. The summed E-state index contributed by atoms with van der Waals surface area (Å²) in [6.45, 7) is 3.94. The van der Waals surface area contributed by atoms with Gasteiger partial charge in [0.25, 0.3) is 5.91 Å². The van der Waals surface area contributed by atoms with Crippen LogP contribution in [-0.2, 0) is 9.59 Å². The zero-order chi connectivity index (χ0) is 15.0. The van der Waals surface area contributed by atoms with Crippen LogP contribution in [0.4, 0.5) is 0 Å². The molecule has 0 aromatic heterocycles. The lowest BCUT2D eigenvalue weighted by Crippen LogP contribution is -2.41. The van der Waals surface area contributed by atoms with Crippen molar-refractivity contribution in [3.05, 3.63) is 35.4 Å². The van der Waals surface area contributed by atoms with Crippen LogP contribution in [0.2, 0.25) is 0 Å². The third-order valence-electron chi connectivity index (χ3n) is 2.51. The van der Waals surface area contributed by atoms with Gasteiger partial charge in [-0.05, 0) is 26.0 Å². The van der Waals surface area contributed by atoms with E-state index in [4.69, 9.17) is 0 Å². The fourth-order valence-corrected chi connectivity index (χ4v) is 1.55. The first-order valence-electron chi connectivity index (χ1n) is 6.41. The van der Waals surface area contributed by atoms with Gasteiger partial charge in [0.15, 0.2) is 0 Å². The zero-order valence-corrected chi connectivity index (χ0v) is 11.7. The van der Waals surface area contributed by atoms with Gasteiger partial charge in [-0.1, -0.05) is 17.7 Å². The number of hydrogen-bond donors (Lipinski definition) is 3. The molecule has 0 aliphatic carbocycles. The van der Waals surface area contributed by atoms with Gasteiger partial charge in [0.1, 0.15) is 0 Å². The lowest BCUT2D eigenvalue weighted by molar-refractivity contribution is -0.125. The number of aryl methyl sites for hydroxylation is 1. The van der Waals surface area contributed by atoms with Crippen LogP contribution in [0.3, 0.4) is 0 Å². The van der Waals surface area contributed by atoms with Crippen LogP contribution in [0.25, 0.3) is 0 Å². The number of amides is 3. The third-order valence-corrected chi connectivity index (χ3v) is 2.51. The van der Waals surface area contributed by atoms with Crippen molar-refractivity contribution in [1.29, 1.82) is 0 Å². The standard InChI is InChI=1S/C14H19N3O3/c1-3-15-12(18)8-16-13(19)9-17-14(20)11-6-4-5-10(2)7-11/h4-7H,3,8-9H2,1-2H3,(H,15,18)(H,16,19)(H,17,20). The predicted molar refractivity (Wildman–Crippen MR) is 75.2 cm³/mol. The second kappa shape index (κ2) is 7.93. The fraction of sp³-hybridized carbons (Fsp3) is 0.357. The van der Waals surface area contributed by atoms with Crippen LogP contribution in [-0.4, -0.2) is 37.4 Å². The van der Waals surface area contributed by atoms with Crippen LogP contribution in [0.15, 0.2) is 24.3 Å². The Labute approximate surface area is 117 Å². The zero-order valence-electron chi connectivity index (χ0n) is 11.7. The van der Waals surface area contributed by atoms with Gasteiger partial charge >= 0.3 is 0 Å². The van der Waals surface area contributed by atoms with Gasteiger partial charge in [-0.3, -0.25) is 14.4 Å². The van der Waals surface area contributed by atoms with E-state index in [0.717, 1.165) is 5.56 Å². The van der Waals surface area contributed by atoms with Crippen molar-refractivity contribution in [1.82, 2.24) is 16.0 Å². The maximum Gasteiger partial charge on any atom is 0.251 e. The Morgan fingerprint density at radius 3 is 2.30 bits per heavy atom. The third kappa shape index (κ3) is 5.51. The molecule has 0 bridgehead atoms. The van der Waals surface area contributed by atoms with Gasteiger partial charge in [-0.2, -0.15) is 0 Å². The van der Waals surface area contributed by atoms with Crippen molar-refractivity contribution in [2.24, 2.45) is 0 Å². The molecule has 108 valence electrons. The van der Waals surface area contributed by atoms with Crippen molar-refractivity contribution in [2.45, 2.75) is 13.8 Å². The van der Waals surface area contributed by atoms with Crippen molar-refractivity contribution in [2.75, 3.05) is 19.6 Å². The molecule has 0 unspecified atom stereocenters. The maximum absolute atomic E-state index is 11.8. The van der Waals surface area contributed by atoms with E-state index in [0.29, 0.717) is 12.1 Å². The Morgan fingerprint density at radius 2 is 1.65 bits per heavy atom. The summed E-state index contributed by atoms with van der Waals surface area (Å²) in [7, 11) is 0. The molecule has 0 saturated heterocycles. The van der Waals surface area contributed by atoms with E-state index >= 15 is 0 Å². The highest BCUT2D eigenvalue weighted by Gasteiger charge is 2.08. The largest absolute Gasteiger partial charge is 0.355 e. The molecule has 1 rings (SSSR count). The van der Waals surface area contributed by atoms with Crippen LogP contribution in [0.1, 0.15) is 22.8 Å². The second-order valence-electron chi connectivity index (χ2n) is 4.28. The van der Waals surface area contributed by atoms with Crippen molar-refractivity contribution in [3.8, 4) is 0 Å². The minimum atomic E-state index is -0.405. The summed E-state index contributed by atoms with van der Waals surface area (Å²) in [5.41, 5.74) is 1.47. The van der Waals surface area contributed by atoms with Crippen LogP contribution in [0, 0.1) is 6.92 Å². The van der Waals surface area contributed by atoms with E-state index in [1.807, 2.05) is 13.0 Å². The highest BCUT2D eigenvalue weighted by Crippen LogP contribution is 2.03. The van der Waals surface area contributed by atoms with E-state index in [1.54, 1.807) is 25.1 Å². The molecular formula is C14H19N3O3. The quantitative estimate of drug-likeness (QED) is 0.683. The van der Waals surface area contributed by atoms with E-state index in [-0.39, 0.29) is 24.9 Å². The van der Waals surface area contributed by atoms with Crippen molar-refractivity contribution >= 4 is 17.7 Å². The smallest absolute Gasteiger partial charge is 0.251 e. The molecule has 0 heterocycles. The molecule has 1 aromatic carbocycles. The number of nitrogens with one attached hydrogen (secondary N) is 3. The molecule has 0 fully saturated rings. The Morgan fingerprint density at radius 1 is 1.00 bits per heavy atom. The van der Waals surface area contributed by atoms with Gasteiger partial charge in [0.2, 0.25) is 11.8 Å². The summed E-state index contributed by atoms with van der Waals surface area (Å²) in [5, 5.41) is 7.48. The van der Waals surface area contributed by atoms with Gasteiger partial charge in [-0.25, -0.2) is 0 Å². The number of carbonyl (C=O) groups is 3. The van der Waals surface area contributed by atoms with Crippen molar-refractivity contribution < 1.29 is 14.4 Å². The summed E-state index contributed by atoms with van der Waals surface area (Å²) in [4.78, 5) is 34.4. The number of rotatable bonds is 6. The number of hydrogen-bond acceptors (Lipinski definition) is 3. The van der Waals surface area contributed by atoms with E-state index in [2.05, 4.69) is 16.0 Å².